The molecular weight excluding hydrogens is 433 g/mol. The molecule has 4 rings (SSSR count). The molecule has 182 valence electrons. The number of anilines is 1. The van der Waals surface area contributed by atoms with Gasteiger partial charge in [-0.25, -0.2) is 9.37 Å². The Bertz CT molecular complexity index is 1000. The number of hydrogen-bond donors (Lipinski definition) is 2. The van der Waals surface area contributed by atoms with Crippen LogP contribution in [-0.2, 0) is 9.47 Å². The molecule has 1 aromatic heterocycles. The largest absolute Gasteiger partial charge is 0.506 e. The molecule has 0 amide bonds. The number of aromatic hydroxyl groups is 1. The lowest BCUT2D eigenvalue weighted by molar-refractivity contribution is 0.0874. The van der Waals surface area contributed by atoms with E-state index in [0.29, 0.717) is 31.3 Å². The van der Waals surface area contributed by atoms with Gasteiger partial charge in [0.1, 0.15) is 23.1 Å². The van der Waals surface area contributed by atoms with E-state index in [-0.39, 0.29) is 18.2 Å². The zero-order valence-electron chi connectivity index (χ0n) is 20.0. The molecule has 6 nitrogen and oxygen atoms in total. The number of nitrogens with zero attached hydrogens (tertiary/aromatic N) is 2. The van der Waals surface area contributed by atoms with Crippen LogP contribution in [0.4, 0.5) is 10.2 Å². The minimum absolute atomic E-state index is 0.150. The van der Waals surface area contributed by atoms with E-state index in [1.807, 2.05) is 44.2 Å². The van der Waals surface area contributed by atoms with Crippen LogP contribution in [0.3, 0.4) is 0 Å². The van der Waals surface area contributed by atoms with Gasteiger partial charge in [-0.2, -0.15) is 0 Å². The highest BCUT2D eigenvalue weighted by atomic mass is 19.1. The predicted octanol–water partition coefficient (Wildman–Crippen LogP) is 5.14. The quantitative estimate of drug-likeness (QED) is 0.532. The van der Waals surface area contributed by atoms with Gasteiger partial charge >= 0.3 is 0 Å². The molecule has 0 radical (unpaired) electrons. The first-order valence-corrected chi connectivity index (χ1v) is 12.1. The molecule has 1 unspecified atom stereocenters. The Balaban J connectivity index is 1.45. The predicted molar refractivity (Wildman–Crippen MR) is 132 cm³/mol. The first-order valence-electron chi connectivity index (χ1n) is 12.1. The summed E-state index contributed by atoms with van der Waals surface area (Å²) in [7, 11) is 0. The summed E-state index contributed by atoms with van der Waals surface area (Å²) in [4.78, 5) is 6.38. The van der Waals surface area contributed by atoms with Gasteiger partial charge in [0.2, 0.25) is 0 Å². The molecular formula is C27H34FN3O3. The van der Waals surface area contributed by atoms with Crippen molar-refractivity contribution in [1.29, 1.82) is 0 Å². The van der Waals surface area contributed by atoms with Crippen molar-refractivity contribution >= 4 is 11.4 Å². The van der Waals surface area contributed by atoms with Crippen LogP contribution in [0.5, 0.6) is 5.75 Å². The van der Waals surface area contributed by atoms with Crippen LogP contribution >= 0.6 is 0 Å². The molecule has 1 aromatic carbocycles. The zero-order valence-corrected chi connectivity index (χ0v) is 20.0. The number of hydrogen-bond acceptors (Lipinski definition) is 6. The summed E-state index contributed by atoms with van der Waals surface area (Å²) in [6, 6.07) is 13.6. The molecule has 0 saturated carbocycles. The molecule has 1 fully saturated rings. The van der Waals surface area contributed by atoms with E-state index in [1.54, 1.807) is 18.2 Å². The lowest BCUT2D eigenvalue weighted by Crippen LogP contribution is -2.46. The van der Waals surface area contributed by atoms with E-state index >= 15 is 4.39 Å². The van der Waals surface area contributed by atoms with Crippen molar-refractivity contribution in [3.63, 3.8) is 0 Å². The third kappa shape index (κ3) is 5.89. The fourth-order valence-electron chi connectivity index (χ4n) is 4.71. The smallest absolute Gasteiger partial charge is 0.152 e. The highest BCUT2D eigenvalue weighted by molar-refractivity contribution is 5.80. The third-order valence-electron chi connectivity index (χ3n) is 6.22. The second-order valence-electron chi connectivity index (χ2n) is 8.85. The monoisotopic (exact) mass is 467 g/mol. The van der Waals surface area contributed by atoms with Crippen molar-refractivity contribution in [3.8, 4) is 5.75 Å². The molecule has 1 aliphatic heterocycles. The van der Waals surface area contributed by atoms with Crippen LogP contribution in [0, 0.1) is 0 Å². The first-order chi connectivity index (χ1) is 16.5. The second kappa shape index (κ2) is 10.9. The fourth-order valence-corrected chi connectivity index (χ4v) is 4.71. The standard InChI is InChI=1S/C27H34FN3O3/c1-3-33-23-16-27(28,17-24(34-4-2)26(23)20-8-6-5-7-9-20)19-31-14-12-21(13-15-31)30-25-11-10-22(32)18-29-25/h5-11,16,18,21,32H,3-4,12-15,17,19H2,1-2H3,(H,29,30). The SMILES string of the molecule is CCOC1=CC(F)(CN2CCC(Nc3ccc(O)cn3)CC2)CC(OCC)=C1c1ccccc1. The highest BCUT2D eigenvalue weighted by Crippen LogP contribution is 2.41. The van der Waals surface area contributed by atoms with E-state index in [1.165, 1.54) is 6.20 Å². The van der Waals surface area contributed by atoms with Crippen molar-refractivity contribution < 1.29 is 19.0 Å². The van der Waals surface area contributed by atoms with Crippen LogP contribution in [0.25, 0.3) is 5.57 Å². The fraction of sp³-hybridized carbons (Fsp3) is 0.444. The first kappa shape index (κ1) is 24.1. The Morgan fingerprint density at radius 2 is 1.82 bits per heavy atom. The van der Waals surface area contributed by atoms with Gasteiger partial charge < -0.3 is 19.9 Å². The summed E-state index contributed by atoms with van der Waals surface area (Å²) in [5, 5.41) is 12.8. The number of allylic oxidation sites excluding steroid dienone is 2. The summed E-state index contributed by atoms with van der Waals surface area (Å²) in [5.74, 6) is 2.10. The molecule has 2 N–H and O–H groups in total. The summed E-state index contributed by atoms with van der Waals surface area (Å²) in [6.07, 6.45) is 5.07. The molecule has 34 heavy (non-hydrogen) atoms. The van der Waals surface area contributed by atoms with Crippen LogP contribution < -0.4 is 5.32 Å². The molecule has 2 aromatic rings. The topological polar surface area (TPSA) is 66.9 Å². The minimum atomic E-state index is -1.56. The lowest BCUT2D eigenvalue weighted by atomic mass is 9.86. The Hall–Kier alpha value is -3.06. The van der Waals surface area contributed by atoms with E-state index < -0.39 is 5.67 Å². The Morgan fingerprint density at radius 3 is 2.47 bits per heavy atom. The van der Waals surface area contributed by atoms with Crippen molar-refractivity contribution in [2.45, 2.75) is 44.8 Å². The van der Waals surface area contributed by atoms with Gasteiger partial charge in [-0.3, -0.25) is 4.90 Å². The number of rotatable bonds is 9. The maximum atomic E-state index is 16.3. The van der Waals surface area contributed by atoms with E-state index in [0.717, 1.165) is 42.9 Å². The Kier molecular flexibility index (Phi) is 7.73. The summed E-state index contributed by atoms with van der Waals surface area (Å²) < 4.78 is 28.2. The number of alkyl halides is 1. The van der Waals surface area contributed by atoms with Crippen molar-refractivity contribution in [2.24, 2.45) is 0 Å². The highest BCUT2D eigenvalue weighted by Gasteiger charge is 2.39. The molecule has 1 atom stereocenters. The van der Waals surface area contributed by atoms with Gasteiger partial charge in [0, 0.05) is 32.1 Å². The summed E-state index contributed by atoms with van der Waals surface area (Å²) >= 11 is 0. The molecule has 2 aliphatic rings. The number of nitrogens with one attached hydrogen (secondary N) is 1. The Labute approximate surface area is 201 Å². The molecule has 7 heteroatoms. The zero-order chi connectivity index (χ0) is 24.0. The summed E-state index contributed by atoms with van der Waals surface area (Å²) in [6.45, 7) is 6.65. The minimum Gasteiger partial charge on any atom is -0.506 e. The van der Waals surface area contributed by atoms with E-state index in [9.17, 15) is 5.11 Å². The van der Waals surface area contributed by atoms with Gasteiger partial charge in [-0.15, -0.1) is 0 Å². The average Bonchev–Trinajstić information content (AvgIpc) is 2.82. The lowest BCUT2D eigenvalue weighted by Gasteiger charge is -2.38. The van der Waals surface area contributed by atoms with Crippen LogP contribution in [0.15, 0.2) is 66.3 Å². The van der Waals surface area contributed by atoms with Crippen molar-refractivity contribution in [2.75, 3.05) is 38.2 Å². The maximum Gasteiger partial charge on any atom is 0.152 e. The molecule has 0 bridgehead atoms. The van der Waals surface area contributed by atoms with Crippen LogP contribution in [-0.4, -0.2) is 59.5 Å². The van der Waals surface area contributed by atoms with Crippen LogP contribution in [0.1, 0.15) is 38.7 Å². The van der Waals surface area contributed by atoms with E-state index in [4.69, 9.17) is 9.47 Å². The van der Waals surface area contributed by atoms with Gasteiger partial charge in [-0.1, -0.05) is 30.3 Å². The van der Waals surface area contributed by atoms with Gasteiger partial charge in [0.25, 0.3) is 0 Å². The van der Waals surface area contributed by atoms with Gasteiger partial charge in [-0.05, 0) is 50.5 Å². The molecule has 1 saturated heterocycles. The average molecular weight is 468 g/mol. The number of halogens is 1. The van der Waals surface area contributed by atoms with Crippen molar-refractivity contribution in [3.05, 3.63) is 71.8 Å². The third-order valence-corrected chi connectivity index (χ3v) is 6.22. The molecule has 2 heterocycles. The number of aromatic nitrogens is 1. The van der Waals surface area contributed by atoms with Crippen LogP contribution in [0.2, 0.25) is 0 Å². The van der Waals surface area contributed by atoms with Gasteiger partial charge in [0.15, 0.2) is 5.67 Å². The summed E-state index contributed by atoms with van der Waals surface area (Å²) in [5.41, 5.74) is 0.260. The number of benzene rings is 1. The number of likely N-dealkylation sites (tertiary alicyclic amines) is 1. The maximum absolute atomic E-state index is 16.3. The van der Waals surface area contributed by atoms with Gasteiger partial charge in [0.05, 0.1) is 25.0 Å². The second-order valence-corrected chi connectivity index (χ2v) is 8.85. The van der Waals surface area contributed by atoms with Crippen molar-refractivity contribution in [1.82, 2.24) is 9.88 Å². The number of piperidine rings is 1. The van der Waals surface area contributed by atoms with E-state index in [2.05, 4.69) is 15.2 Å². The Morgan fingerprint density at radius 1 is 1.09 bits per heavy atom. The number of pyridine rings is 1. The normalized spacial score (nSPS) is 21.8. The number of ether oxygens (including phenoxy) is 2. The molecule has 0 spiro atoms. The molecule has 1 aliphatic carbocycles.